The number of ether oxygens (including phenoxy) is 2. The molecule has 2 aromatic carbocycles. The minimum atomic E-state index is 0.125. The van der Waals surface area contributed by atoms with Crippen molar-refractivity contribution in [1.29, 1.82) is 0 Å². The number of phenolic OH excluding ortho intramolecular Hbond substituents is 1. The number of nitrogens with one attached hydrogen (secondary N) is 4. The standard InChI is InChI=1S/C18H23ClN4O2.C18H34N4O2/c1-4-14-12-17(23-18(19)21-14)22-16(5-2)13-6-8-15(9-7-13)25-11-10-20-24-3;1-24-18-14-16(6-7-17(18)23)15-22-13-5-12-21-10-3-2-9-20-11-4-8-19/h6-10,12,16H,4-5,11H2,1-3H3,(H,21,22,23);6-7,14,20-23H,2-5,8-13,15,19H2,1H3. The Balaban J connectivity index is 0.000000341. The molecule has 3 aromatic rings. The number of oxime groups is 1. The normalized spacial score (nSPS) is 11.6. The van der Waals surface area contributed by atoms with Crippen LogP contribution in [0.1, 0.15) is 68.8 Å². The number of nitrogens with zero attached hydrogens (tertiary/aromatic N) is 3. The lowest BCUT2D eigenvalue weighted by Crippen LogP contribution is -2.24. The molecule has 0 radical (unpaired) electrons. The molecular weight excluding hydrogens is 644 g/mol. The van der Waals surface area contributed by atoms with Gasteiger partial charge in [0.1, 0.15) is 25.3 Å². The number of anilines is 1. The van der Waals surface area contributed by atoms with Crippen LogP contribution < -0.4 is 36.5 Å². The summed E-state index contributed by atoms with van der Waals surface area (Å²) >= 11 is 5.99. The van der Waals surface area contributed by atoms with Gasteiger partial charge in [0, 0.05) is 18.3 Å². The molecular formula is C36H57ClN8O4. The van der Waals surface area contributed by atoms with E-state index in [4.69, 9.17) is 26.8 Å². The van der Waals surface area contributed by atoms with Gasteiger partial charge in [0.15, 0.2) is 11.5 Å². The lowest BCUT2D eigenvalue weighted by Gasteiger charge is -2.19. The van der Waals surface area contributed by atoms with Crippen LogP contribution in [0.3, 0.4) is 0 Å². The van der Waals surface area contributed by atoms with E-state index in [-0.39, 0.29) is 17.1 Å². The maximum atomic E-state index is 9.56. The van der Waals surface area contributed by atoms with Crippen LogP contribution in [0.4, 0.5) is 5.82 Å². The molecule has 0 aliphatic carbocycles. The number of halogens is 1. The van der Waals surface area contributed by atoms with Crippen molar-refractivity contribution in [2.75, 3.05) is 65.4 Å². The molecule has 12 nitrogen and oxygen atoms in total. The molecule has 272 valence electrons. The van der Waals surface area contributed by atoms with E-state index >= 15 is 0 Å². The van der Waals surface area contributed by atoms with Gasteiger partial charge < -0.3 is 46.4 Å². The fourth-order valence-electron chi connectivity index (χ4n) is 4.73. The first-order valence-corrected chi connectivity index (χ1v) is 17.6. The number of aromatic nitrogens is 2. The molecule has 1 aromatic heterocycles. The molecule has 1 unspecified atom stereocenters. The second kappa shape index (κ2) is 26.2. The Hall–Kier alpha value is -3.68. The number of unbranched alkanes of at least 4 members (excludes halogenated alkanes) is 1. The highest BCUT2D eigenvalue weighted by Crippen LogP contribution is 2.26. The van der Waals surface area contributed by atoms with Gasteiger partial charge in [0.05, 0.1) is 19.4 Å². The van der Waals surface area contributed by atoms with E-state index in [9.17, 15) is 5.11 Å². The summed E-state index contributed by atoms with van der Waals surface area (Å²) < 4.78 is 10.7. The van der Waals surface area contributed by atoms with E-state index < -0.39 is 0 Å². The van der Waals surface area contributed by atoms with Gasteiger partial charge >= 0.3 is 0 Å². The summed E-state index contributed by atoms with van der Waals surface area (Å²) in [5.41, 5.74) is 8.61. The highest BCUT2D eigenvalue weighted by Gasteiger charge is 2.12. The zero-order valence-corrected chi connectivity index (χ0v) is 30.4. The van der Waals surface area contributed by atoms with Gasteiger partial charge in [0.25, 0.3) is 0 Å². The molecule has 0 aliphatic rings. The Morgan fingerprint density at radius 2 is 1.59 bits per heavy atom. The Bertz CT molecular complexity index is 1320. The van der Waals surface area contributed by atoms with Gasteiger partial charge in [-0.15, -0.1) is 0 Å². The van der Waals surface area contributed by atoms with Crippen molar-refractivity contribution >= 4 is 23.6 Å². The molecule has 3 rings (SSSR count). The smallest absolute Gasteiger partial charge is 0.224 e. The van der Waals surface area contributed by atoms with Crippen molar-refractivity contribution in [2.24, 2.45) is 10.9 Å². The zero-order chi connectivity index (χ0) is 35.5. The number of hydrogen-bond acceptors (Lipinski definition) is 12. The van der Waals surface area contributed by atoms with E-state index in [2.05, 4.69) is 48.2 Å². The third-order valence-corrected chi connectivity index (χ3v) is 7.60. The van der Waals surface area contributed by atoms with Gasteiger partial charge in [-0.2, -0.15) is 0 Å². The zero-order valence-electron chi connectivity index (χ0n) is 29.6. The molecule has 13 heteroatoms. The minimum absolute atomic E-state index is 0.125. The Morgan fingerprint density at radius 3 is 2.24 bits per heavy atom. The Labute approximate surface area is 297 Å². The largest absolute Gasteiger partial charge is 0.504 e. The van der Waals surface area contributed by atoms with Crippen molar-refractivity contribution in [1.82, 2.24) is 25.9 Å². The first-order valence-electron chi connectivity index (χ1n) is 17.2. The number of aryl methyl sites for hydroxylation is 1. The maximum absolute atomic E-state index is 9.56. The molecule has 0 amide bonds. The molecule has 1 heterocycles. The fourth-order valence-corrected chi connectivity index (χ4v) is 4.93. The van der Waals surface area contributed by atoms with Crippen molar-refractivity contribution in [3.05, 3.63) is 70.6 Å². The summed E-state index contributed by atoms with van der Waals surface area (Å²) in [5, 5.41) is 27.1. The molecule has 7 N–H and O–H groups in total. The number of methoxy groups -OCH3 is 1. The van der Waals surface area contributed by atoms with Crippen molar-refractivity contribution < 1.29 is 19.4 Å². The minimum Gasteiger partial charge on any atom is -0.504 e. The van der Waals surface area contributed by atoms with E-state index in [1.54, 1.807) is 19.4 Å². The summed E-state index contributed by atoms with van der Waals surface area (Å²) in [6, 6.07) is 15.4. The molecule has 1 atom stereocenters. The van der Waals surface area contributed by atoms with Crippen LogP contribution >= 0.6 is 11.6 Å². The van der Waals surface area contributed by atoms with Crippen molar-refractivity contribution in [3.8, 4) is 17.2 Å². The van der Waals surface area contributed by atoms with Crippen LogP contribution in [0.5, 0.6) is 17.2 Å². The van der Waals surface area contributed by atoms with Crippen LogP contribution in [-0.2, 0) is 17.8 Å². The second-order valence-corrected chi connectivity index (χ2v) is 11.5. The van der Waals surface area contributed by atoms with Crippen molar-refractivity contribution in [2.45, 2.75) is 65.0 Å². The highest BCUT2D eigenvalue weighted by molar-refractivity contribution is 6.28. The fraction of sp³-hybridized carbons (Fsp3) is 0.528. The van der Waals surface area contributed by atoms with E-state index in [0.29, 0.717) is 12.4 Å². The predicted molar refractivity (Wildman–Crippen MR) is 200 cm³/mol. The molecule has 0 fully saturated rings. The maximum Gasteiger partial charge on any atom is 0.224 e. The topological polar surface area (TPSA) is 160 Å². The third kappa shape index (κ3) is 18.0. The van der Waals surface area contributed by atoms with Crippen LogP contribution in [0, 0.1) is 0 Å². The summed E-state index contributed by atoms with van der Waals surface area (Å²) in [4.78, 5) is 13.0. The first kappa shape index (κ1) is 41.5. The lowest BCUT2D eigenvalue weighted by molar-refractivity contribution is 0.212. The highest BCUT2D eigenvalue weighted by atomic mass is 35.5. The van der Waals surface area contributed by atoms with Gasteiger partial charge in [-0.25, -0.2) is 9.97 Å². The quantitative estimate of drug-likeness (QED) is 0.0305. The summed E-state index contributed by atoms with van der Waals surface area (Å²) in [5.74, 6) is 2.22. The lowest BCUT2D eigenvalue weighted by atomic mass is 10.0. The predicted octanol–water partition coefficient (Wildman–Crippen LogP) is 5.46. The number of aromatic hydroxyl groups is 1. The molecule has 0 saturated heterocycles. The Kier molecular flexibility index (Phi) is 22.2. The van der Waals surface area contributed by atoms with E-state index in [1.165, 1.54) is 20.0 Å². The summed E-state index contributed by atoms with van der Waals surface area (Å²) in [6.45, 7) is 11.3. The van der Waals surface area contributed by atoms with Crippen LogP contribution in [-0.4, -0.2) is 81.4 Å². The molecule has 49 heavy (non-hydrogen) atoms. The van der Waals surface area contributed by atoms with Gasteiger partial charge in [-0.1, -0.05) is 37.2 Å². The SMILES string of the molecule is CCc1cc(NC(CC)c2ccc(OCC=NOC)cc2)nc(Cl)n1.COc1cc(CNCCCNCCCCNCCCN)ccc1O. The van der Waals surface area contributed by atoms with Gasteiger partial charge in [-0.05, 0) is 125 Å². The second-order valence-electron chi connectivity index (χ2n) is 11.2. The van der Waals surface area contributed by atoms with Crippen molar-refractivity contribution in [3.63, 3.8) is 0 Å². The summed E-state index contributed by atoms with van der Waals surface area (Å²) in [6.07, 6.45) is 7.85. The Morgan fingerprint density at radius 1 is 0.898 bits per heavy atom. The third-order valence-electron chi connectivity index (χ3n) is 7.43. The average Bonchev–Trinajstić information content (AvgIpc) is 3.12. The first-order chi connectivity index (χ1) is 23.9. The molecule has 0 spiro atoms. The number of benzene rings is 2. The van der Waals surface area contributed by atoms with E-state index in [1.807, 2.05) is 49.4 Å². The summed E-state index contributed by atoms with van der Waals surface area (Å²) in [7, 11) is 3.06. The van der Waals surface area contributed by atoms with Gasteiger partial charge in [0.2, 0.25) is 5.28 Å². The molecule has 0 aliphatic heterocycles. The number of hydrogen-bond donors (Lipinski definition) is 6. The number of phenols is 1. The van der Waals surface area contributed by atoms with Crippen LogP contribution in [0.15, 0.2) is 53.7 Å². The number of rotatable bonds is 24. The van der Waals surface area contributed by atoms with E-state index in [0.717, 1.165) is 99.9 Å². The monoisotopic (exact) mass is 700 g/mol. The number of nitrogens with two attached hydrogens (primary N) is 1. The van der Waals surface area contributed by atoms with Crippen LogP contribution in [0.25, 0.3) is 0 Å². The molecule has 0 saturated carbocycles. The van der Waals surface area contributed by atoms with Gasteiger partial charge in [-0.3, -0.25) is 0 Å². The average molecular weight is 701 g/mol. The van der Waals surface area contributed by atoms with Crippen LogP contribution in [0.2, 0.25) is 5.28 Å². The molecule has 0 bridgehead atoms.